The Morgan fingerprint density at radius 1 is 1.44 bits per heavy atom. The van der Waals surface area contributed by atoms with E-state index in [2.05, 4.69) is 14.7 Å². The maximum atomic E-state index is 11.9. The first-order valence-corrected chi connectivity index (χ1v) is 4.78. The van der Waals surface area contributed by atoms with Crippen molar-refractivity contribution in [2.45, 2.75) is 6.18 Å². The largest absolute Gasteiger partial charge is 0.491 e. The van der Waals surface area contributed by atoms with E-state index in [0.717, 1.165) is 11.3 Å². The average Bonchev–Trinajstić information content (AvgIpc) is 2.58. The summed E-state index contributed by atoms with van der Waals surface area (Å²) in [5.41, 5.74) is 0.435. The van der Waals surface area contributed by atoms with Crippen LogP contribution in [0.4, 0.5) is 13.2 Å². The number of fused-ring (bicyclic) bond motifs is 1. The fraction of sp³-hybridized carbons (Fsp3) is 0.125. The van der Waals surface area contributed by atoms with Gasteiger partial charge in [0.25, 0.3) is 5.19 Å². The lowest BCUT2D eigenvalue weighted by atomic mass is 10.4. The zero-order chi connectivity index (χ0) is 11.8. The summed E-state index contributed by atoms with van der Waals surface area (Å²) in [6.45, 7) is 0. The molecule has 0 aliphatic heterocycles. The number of alkyl halides is 3. The molecule has 84 valence electrons. The van der Waals surface area contributed by atoms with Crippen molar-refractivity contribution in [3.63, 3.8) is 0 Å². The molecule has 0 saturated heterocycles. The van der Waals surface area contributed by atoms with Gasteiger partial charge in [-0.05, 0) is 6.07 Å². The fourth-order valence-corrected chi connectivity index (χ4v) is 1.72. The molecule has 0 N–H and O–H groups in total. The minimum Gasteiger partial charge on any atom is -0.391 e. The number of hydrogen-bond donors (Lipinski definition) is 0. The minimum atomic E-state index is -5.02. The molecule has 2 aromatic rings. The summed E-state index contributed by atoms with van der Waals surface area (Å²) in [4.78, 5) is 18.0. The summed E-state index contributed by atoms with van der Waals surface area (Å²) >= 11 is 0.825. The van der Waals surface area contributed by atoms with Gasteiger partial charge in [-0.1, -0.05) is 11.3 Å². The monoisotopic (exact) mass is 248 g/mol. The Kier molecular flexibility index (Phi) is 2.50. The topological polar surface area (TPSA) is 52.1 Å². The second-order valence-electron chi connectivity index (χ2n) is 2.71. The van der Waals surface area contributed by atoms with Crippen LogP contribution in [0.1, 0.15) is 0 Å². The summed E-state index contributed by atoms with van der Waals surface area (Å²) in [7, 11) is 0. The number of thiazole rings is 1. The highest BCUT2D eigenvalue weighted by atomic mass is 32.1. The SMILES string of the molecule is O=C(Oc1nc2ccncc2s1)C(F)(F)F. The molecule has 2 aromatic heterocycles. The molecule has 0 radical (unpaired) electrons. The van der Waals surface area contributed by atoms with E-state index in [1.807, 2.05) is 0 Å². The number of esters is 1. The highest BCUT2D eigenvalue weighted by molar-refractivity contribution is 7.20. The van der Waals surface area contributed by atoms with E-state index in [1.54, 1.807) is 0 Å². The molecule has 0 aromatic carbocycles. The van der Waals surface area contributed by atoms with Gasteiger partial charge in [0.05, 0.1) is 10.2 Å². The molecule has 2 rings (SSSR count). The van der Waals surface area contributed by atoms with Crippen molar-refractivity contribution in [1.82, 2.24) is 9.97 Å². The average molecular weight is 248 g/mol. The molecule has 2 heterocycles. The van der Waals surface area contributed by atoms with Crippen LogP contribution >= 0.6 is 11.3 Å². The van der Waals surface area contributed by atoms with Crippen LogP contribution in [0.5, 0.6) is 5.19 Å². The van der Waals surface area contributed by atoms with Crippen molar-refractivity contribution in [3.8, 4) is 5.19 Å². The number of halogens is 3. The molecule has 0 saturated carbocycles. The Balaban J connectivity index is 2.25. The normalized spacial score (nSPS) is 11.7. The summed E-state index contributed by atoms with van der Waals surface area (Å²) in [5, 5.41) is -0.342. The number of rotatable bonds is 1. The second kappa shape index (κ2) is 3.71. The van der Waals surface area contributed by atoms with Gasteiger partial charge in [-0.25, -0.2) is 9.78 Å². The number of ether oxygens (including phenoxy) is 1. The van der Waals surface area contributed by atoms with E-state index in [1.165, 1.54) is 18.5 Å². The lowest BCUT2D eigenvalue weighted by Crippen LogP contribution is -2.27. The van der Waals surface area contributed by atoms with Crippen molar-refractivity contribution in [2.24, 2.45) is 0 Å². The third kappa shape index (κ3) is 2.11. The summed E-state index contributed by atoms with van der Waals surface area (Å²) in [6, 6.07) is 1.51. The molecule has 0 aliphatic carbocycles. The predicted molar refractivity (Wildman–Crippen MR) is 49.1 cm³/mol. The van der Waals surface area contributed by atoms with Crippen LogP contribution < -0.4 is 4.74 Å². The van der Waals surface area contributed by atoms with Crippen LogP contribution in [0.2, 0.25) is 0 Å². The summed E-state index contributed by atoms with van der Waals surface area (Å²) in [6.07, 6.45) is -2.15. The highest BCUT2D eigenvalue weighted by Crippen LogP contribution is 2.28. The predicted octanol–water partition coefficient (Wildman–Crippen LogP) is 2.16. The molecule has 0 spiro atoms. The third-order valence-corrected chi connectivity index (χ3v) is 2.47. The maximum Gasteiger partial charge on any atom is 0.491 e. The van der Waals surface area contributed by atoms with Gasteiger partial charge in [-0.2, -0.15) is 13.2 Å². The number of carbonyl (C=O) groups excluding carboxylic acids is 1. The first kappa shape index (κ1) is 10.8. The van der Waals surface area contributed by atoms with E-state index in [0.29, 0.717) is 10.2 Å². The number of pyridine rings is 1. The molecule has 0 bridgehead atoms. The standard InChI is InChI=1S/C8H3F3N2O2S/c9-8(10,11)6(14)15-7-13-4-1-2-12-3-5(4)16-7/h1-3H. The van der Waals surface area contributed by atoms with Gasteiger partial charge in [0.1, 0.15) is 0 Å². The lowest BCUT2D eigenvalue weighted by molar-refractivity contribution is -0.189. The van der Waals surface area contributed by atoms with Crippen molar-refractivity contribution in [1.29, 1.82) is 0 Å². The van der Waals surface area contributed by atoms with Gasteiger partial charge in [-0.3, -0.25) is 4.98 Å². The van der Waals surface area contributed by atoms with Crippen LogP contribution in [-0.4, -0.2) is 22.1 Å². The molecule has 0 unspecified atom stereocenters. The van der Waals surface area contributed by atoms with Crippen molar-refractivity contribution in [2.75, 3.05) is 0 Å². The maximum absolute atomic E-state index is 11.9. The molecule has 4 nitrogen and oxygen atoms in total. The van der Waals surface area contributed by atoms with E-state index in [9.17, 15) is 18.0 Å². The first-order chi connectivity index (χ1) is 7.47. The Morgan fingerprint density at radius 3 is 2.81 bits per heavy atom. The van der Waals surface area contributed by atoms with E-state index in [-0.39, 0.29) is 5.19 Å². The fourth-order valence-electron chi connectivity index (χ4n) is 0.940. The minimum absolute atomic E-state index is 0.342. The van der Waals surface area contributed by atoms with Gasteiger partial charge in [0.2, 0.25) is 0 Å². The van der Waals surface area contributed by atoms with Gasteiger partial charge < -0.3 is 4.74 Å². The van der Waals surface area contributed by atoms with Crippen LogP contribution in [0.25, 0.3) is 10.2 Å². The number of hydrogen-bond acceptors (Lipinski definition) is 5. The van der Waals surface area contributed by atoms with Gasteiger partial charge in [0.15, 0.2) is 0 Å². The third-order valence-electron chi connectivity index (χ3n) is 1.58. The summed E-state index contributed by atoms with van der Waals surface area (Å²) in [5.74, 6) is -2.28. The van der Waals surface area contributed by atoms with Gasteiger partial charge in [0, 0.05) is 12.4 Å². The second-order valence-corrected chi connectivity index (χ2v) is 3.70. The zero-order valence-electron chi connectivity index (χ0n) is 7.49. The smallest absolute Gasteiger partial charge is 0.391 e. The highest BCUT2D eigenvalue weighted by Gasteiger charge is 2.41. The molecule has 0 fully saturated rings. The van der Waals surface area contributed by atoms with Crippen LogP contribution in [-0.2, 0) is 4.79 Å². The van der Waals surface area contributed by atoms with Crippen LogP contribution in [0.3, 0.4) is 0 Å². The molecule has 16 heavy (non-hydrogen) atoms. The Hall–Kier alpha value is -1.70. The lowest BCUT2D eigenvalue weighted by Gasteiger charge is -2.02. The Bertz CT molecular complexity index is 504. The molecule has 0 amide bonds. The molecular weight excluding hydrogens is 245 g/mol. The molecular formula is C8H3F3N2O2S. The van der Waals surface area contributed by atoms with Crippen molar-refractivity contribution < 1.29 is 22.7 Å². The zero-order valence-corrected chi connectivity index (χ0v) is 8.30. The number of aromatic nitrogens is 2. The molecule has 8 heteroatoms. The number of carbonyl (C=O) groups is 1. The Labute approximate surface area is 90.7 Å². The van der Waals surface area contributed by atoms with Crippen molar-refractivity contribution >= 4 is 27.5 Å². The van der Waals surface area contributed by atoms with Gasteiger partial charge >= 0.3 is 12.1 Å². The van der Waals surface area contributed by atoms with Crippen LogP contribution in [0, 0.1) is 0 Å². The van der Waals surface area contributed by atoms with E-state index < -0.39 is 12.1 Å². The van der Waals surface area contributed by atoms with E-state index in [4.69, 9.17) is 0 Å². The molecule has 0 aliphatic rings. The van der Waals surface area contributed by atoms with Crippen LogP contribution in [0.15, 0.2) is 18.5 Å². The number of nitrogens with zero attached hydrogens (tertiary/aromatic N) is 2. The first-order valence-electron chi connectivity index (χ1n) is 3.96. The van der Waals surface area contributed by atoms with Crippen molar-refractivity contribution in [3.05, 3.63) is 18.5 Å². The summed E-state index contributed by atoms with van der Waals surface area (Å²) < 4.78 is 40.3. The Morgan fingerprint density at radius 2 is 2.19 bits per heavy atom. The molecule has 0 atom stereocenters. The van der Waals surface area contributed by atoms with Gasteiger partial charge in [-0.15, -0.1) is 0 Å². The quantitative estimate of drug-likeness (QED) is 0.725. The van der Waals surface area contributed by atoms with E-state index >= 15 is 0 Å².